The molecule has 0 aliphatic rings. The molecule has 2 rings (SSSR count). The lowest BCUT2D eigenvalue weighted by atomic mass is 10.2. The first kappa shape index (κ1) is 8.00. The first-order chi connectivity index (χ1) is 6.31. The average Bonchev–Trinajstić information content (AvgIpc) is 2.71. The summed E-state index contributed by atoms with van der Waals surface area (Å²) in [5.74, 6) is 0. The monoisotopic (exact) mass is 178 g/mol. The minimum absolute atomic E-state index is 0.0132. The first-order valence-corrected chi connectivity index (χ1v) is 3.93. The van der Waals surface area contributed by atoms with E-state index in [1.165, 1.54) is 0 Å². The molecule has 2 aromatic rings. The van der Waals surface area contributed by atoms with Crippen molar-refractivity contribution in [1.29, 1.82) is 0 Å². The van der Waals surface area contributed by atoms with Crippen molar-refractivity contribution in [3.8, 4) is 11.3 Å². The van der Waals surface area contributed by atoms with E-state index in [9.17, 15) is 0 Å². The molecule has 0 aliphatic heterocycles. The number of aryl methyl sites for hydroxylation is 1. The van der Waals surface area contributed by atoms with Gasteiger partial charge in [0.2, 0.25) is 0 Å². The van der Waals surface area contributed by atoms with Crippen LogP contribution in [0.1, 0.15) is 5.56 Å². The molecule has 0 radical (unpaired) electrons. The smallest absolute Gasteiger partial charge is 0.0736 e. The number of aromatic amines is 1. The number of aromatic nitrogens is 4. The van der Waals surface area contributed by atoms with E-state index in [-0.39, 0.29) is 6.61 Å². The minimum atomic E-state index is -0.0132. The molecule has 0 unspecified atom stereocenters. The van der Waals surface area contributed by atoms with Crippen LogP contribution in [0.4, 0.5) is 0 Å². The lowest BCUT2D eigenvalue weighted by molar-refractivity contribution is 0.282. The zero-order valence-electron chi connectivity index (χ0n) is 7.23. The van der Waals surface area contributed by atoms with E-state index >= 15 is 0 Å². The van der Waals surface area contributed by atoms with Crippen molar-refractivity contribution in [2.24, 2.45) is 7.05 Å². The summed E-state index contributed by atoms with van der Waals surface area (Å²) in [5, 5.41) is 19.7. The third kappa shape index (κ3) is 1.33. The van der Waals surface area contributed by atoms with E-state index in [1.54, 1.807) is 17.1 Å². The molecule has 0 aliphatic carbocycles. The highest BCUT2D eigenvalue weighted by atomic mass is 16.3. The Morgan fingerprint density at radius 3 is 3.00 bits per heavy atom. The highest BCUT2D eigenvalue weighted by Crippen LogP contribution is 2.19. The molecule has 0 saturated carbocycles. The molecular weight excluding hydrogens is 168 g/mol. The molecule has 2 aromatic heterocycles. The van der Waals surface area contributed by atoms with Crippen molar-refractivity contribution in [2.75, 3.05) is 0 Å². The van der Waals surface area contributed by atoms with Gasteiger partial charge in [0, 0.05) is 24.4 Å². The normalized spacial score (nSPS) is 10.6. The van der Waals surface area contributed by atoms with Crippen LogP contribution in [0.2, 0.25) is 0 Å². The standard InChI is InChI=1S/C8H10N4O/c1-12-4-6(3-10-12)8-7(5-13)2-9-11-8/h2-4,13H,5H2,1H3,(H,9,11). The van der Waals surface area contributed by atoms with Crippen molar-refractivity contribution in [2.45, 2.75) is 6.61 Å². The van der Waals surface area contributed by atoms with Crippen molar-refractivity contribution >= 4 is 0 Å². The van der Waals surface area contributed by atoms with Gasteiger partial charge < -0.3 is 5.11 Å². The number of hydrogen-bond acceptors (Lipinski definition) is 3. The van der Waals surface area contributed by atoms with E-state index in [4.69, 9.17) is 5.11 Å². The SMILES string of the molecule is Cn1cc(-c2[nH]ncc2CO)cn1. The molecule has 0 fully saturated rings. The van der Waals surface area contributed by atoms with E-state index in [1.807, 2.05) is 13.2 Å². The van der Waals surface area contributed by atoms with Gasteiger partial charge in [-0.1, -0.05) is 0 Å². The van der Waals surface area contributed by atoms with E-state index in [0.717, 1.165) is 16.8 Å². The summed E-state index contributed by atoms with van der Waals surface area (Å²) >= 11 is 0. The van der Waals surface area contributed by atoms with Crippen LogP contribution in [0.5, 0.6) is 0 Å². The van der Waals surface area contributed by atoms with Crippen LogP contribution in [0.25, 0.3) is 11.3 Å². The summed E-state index contributed by atoms with van der Waals surface area (Å²) in [5.41, 5.74) is 2.55. The topological polar surface area (TPSA) is 66.7 Å². The fourth-order valence-electron chi connectivity index (χ4n) is 1.23. The highest BCUT2D eigenvalue weighted by Gasteiger charge is 2.07. The summed E-state index contributed by atoms with van der Waals surface area (Å²) in [6.07, 6.45) is 5.21. The Hall–Kier alpha value is -1.62. The molecule has 0 atom stereocenters. The number of hydrogen-bond donors (Lipinski definition) is 2. The van der Waals surface area contributed by atoms with Crippen LogP contribution in [0, 0.1) is 0 Å². The second-order valence-corrected chi connectivity index (χ2v) is 2.83. The number of nitrogens with one attached hydrogen (secondary N) is 1. The van der Waals surface area contributed by atoms with Crippen LogP contribution in [-0.4, -0.2) is 25.1 Å². The first-order valence-electron chi connectivity index (χ1n) is 3.93. The molecule has 0 spiro atoms. The zero-order chi connectivity index (χ0) is 9.26. The fraction of sp³-hybridized carbons (Fsp3) is 0.250. The fourth-order valence-corrected chi connectivity index (χ4v) is 1.23. The molecule has 2 heterocycles. The van der Waals surface area contributed by atoms with E-state index < -0.39 is 0 Å². The van der Waals surface area contributed by atoms with Gasteiger partial charge in [-0.15, -0.1) is 0 Å². The molecule has 0 amide bonds. The van der Waals surface area contributed by atoms with Crippen LogP contribution in [0.15, 0.2) is 18.6 Å². The third-order valence-corrected chi connectivity index (χ3v) is 1.88. The second kappa shape index (κ2) is 3.02. The maximum absolute atomic E-state index is 8.99. The lowest BCUT2D eigenvalue weighted by Crippen LogP contribution is -1.85. The molecule has 2 N–H and O–H groups in total. The van der Waals surface area contributed by atoms with Gasteiger partial charge in [0.25, 0.3) is 0 Å². The van der Waals surface area contributed by atoms with Crippen molar-refractivity contribution in [3.05, 3.63) is 24.2 Å². The van der Waals surface area contributed by atoms with Crippen molar-refractivity contribution in [1.82, 2.24) is 20.0 Å². The van der Waals surface area contributed by atoms with Crippen molar-refractivity contribution in [3.63, 3.8) is 0 Å². The predicted octanol–water partition coefficient (Wildman–Crippen LogP) is 0.302. The Labute approximate surface area is 75.0 Å². The van der Waals surface area contributed by atoms with Gasteiger partial charge in [0.05, 0.1) is 24.7 Å². The highest BCUT2D eigenvalue weighted by molar-refractivity contribution is 5.60. The van der Waals surface area contributed by atoms with Crippen molar-refractivity contribution < 1.29 is 5.11 Å². The Morgan fingerprint density at radius 2 is 2.38 bits per heavy atom. The lowest BCUT2D eigenvalue weighted by Gasteiger charge is -1.94. The Balaban J connectivity index is 2.45. The maximum Gasteiger partial charge on any atom is 0.0736 e. The van der Waals surface area contributed by atoms with Gasteiger partial charge in [0.15, 0.2) is 0 Å². The molecule has 0 saturated heterocycles. The molecule has 0 bridgehead atoms. The molecule has 5 nitrogen and oxygen atoms in total. The van der Waals surface area contributed by atoms with Gasteiger partial charge in [-0.25, -0.2) is 0 Å². The summed E-state index contributed by atoms with van der Waals surface area (Å²) < 4.78 is 1.71. The molecule has 5 heteroatoms. The summed E-state index contributed by atoms with van der Waals surface area (Å²) in [6, 6.07) is 0. The maximum atomic E-state index is 8.99. The van der Waals surface area contributed by atoms with Crippen LogP contribution < -0.4 is 0 Å². The number of aliphatic hydroxyl groups is 1. The van der Waals surface area contributed by atoms with Gasteiger partial charge >= 0.3 is 0 Å². The second-order valence-electron chi connectivity index (χ2n) is 2.83. The van der Waals surface area contributed by atoms with Crippen LogP contribution in [-0.2, 0) is 13.7 Å². The largest absolute Gasteiger partial charge is 0.392 e. The van der Waals surface area contributed by atoms with E-state index in [0.29, 0.717) is 0 Å². The summed E-state index contributed by atoms with van der Waals surface area (Å²) in [4.78, 5) is 0. The average molecular weight is 178 g/mol. The van der Waals surface area contributed by atoms with Gasteiger partial charge in [-0.3, -0.25) is 9.78 Å². The van der Waals surface area contributed by atoms with Crippen LogP contribution >= 0.6 is 0 Å². The van der Waals surface area contributed by atoms with Gasteiger partial charge in [-0.2, -0.15) is 10.2 Å². The van der Waals surface area contributed by atoms with Gasteiger partial charge in [-0.05, 0) is 0 Å². The van der Waals surface area contributed by atoms with Gasteiger partial charge in [0.1, 0.15) is 0 Å². The minimum Gasteiger partial charge on any atom is -0.392 e. The summed E-state index contributed by atoms with van der Waals surface area (Å²) in [6.45, 7) is -0.0132. The Morgan fingerprint density at radius 1 is 1.54 bits per heavy atom. The third-order valence-electron chi connectivity index (χ3n) is 1.88. The number of aliphatic hydroxyl groups excluding tert-OH is 1. The Kier molecular flexibility index (Phi) is 1.86. The van der Waals surface area contributed by atoms with Crippen LogP contribution in [0.3, 0.4) is 0 Å². The van der Waals surface area contributed by atoms with E-state index in [2.05, 4.69) is 15.3 Å². The molecule has 13 heavy (non-hydrogen) atoms. The molecule has 0 aromatic carbocycles. The Bertz CT molecular complexity index is 404. The summed E-state index contributed by atoms with van der Waals surface area (Å²) in [7, 11) is 1.85. The predicted molar refractivity (Wildman–Crippen MR) is 46.7 cm³/mol. The number of H-pyrrole nitrogens is 1. The number of nitrogens with zero attached hydrogens (tertiary/aromatic N) is 3. The zero-order valence-corrected chi connectivity index (χ0v) is 7.23. The number of rotatable bonds is 2. The quantitative estimate of drug-likeness (QED) is 0.695. The molecular formula is C8H10N4O. The molecule has 68 valence electrons.